The van der Waals surface area contributed by atoms with Gasteiger partial charge in [0.15, 0.2) is 0 Å². The zero-order valence-corrected chi connectivity index (χ0v) is 11.8. The molecule has 0 radical (unpaired) electrons. The van der Waals surface area contributed by atoms with Crippen molar-refractivity contribution in [1.29, 1.82) is 0 Å². The standard InChI is InChI=1S/C19H13N3/c1-3-9-15-13(7-1)18-14-8-2-4-10-16(14)22(19(18)21-15)17-11-5-6-12-20-17/h1-12,21H. The average Bonchev–Trinajstić information content (AvgIpc) is 3.10. The van der Waals surface area contributed by atoms with E-state index < -0.39 is 0 Å². The van der Waals surface area contributed by atoms with Crippen LogP contribution in [0, 0.1) is 0 Å². The number of aromatic nitrogens is 3. The molecule has 3 aromatic heterocycles. The summed E-state index contributed by atoms with van der Waals surface area (Å²) < 4.78 is 2.20. The number of para-hydroxylation sites is 2. The fourth-order valence-electron chi connectivity index (χ4n) is 3.29. The molecule has 0 aliphatic carbocycles. The van der Waals surface area contributed by atoms with Crippen LogP contribution in [0.4, 0.5) is 0 Å². The highest BCUT2D eigenvalue weighted by atomic mass is 15.1. The highest BCUT2D eigenvalue weighted by Gasteiger charge is 2.16. The number of hydrogen-bond donors (Lipinski definition) is 1. The Morgan fingerprint density at radius 3 is 2.41 bits per heavy atom. The third-order valence-electron chi connectivity index (χ3n) is 4.20. The molecule has 5 aromatic rings. The Kier molecular flexibility index (Phi) is 2.22. The van der Waals surface area contributed by atoms with E-state index in [9.17, 15) is 0 Å². The van der Waals surface area contributed by atoms with Crippen molar-refractivity contribution in [1.82, 2.24) is 14.5 Å². The summed E-state index contributed by atoms with van der Waals surface area (Å²) >= 11 is 0. The number of pyridine rings is 1. The van der Waals surface area contributed by atoms with Crippen LogP contribution in [-0.4, -0.2) is 14.5 Å². The van der Waals surface area contributed by atoms with Gasteiger partial charge in [0.2, 0.25) is 0 Å². The molecule has 0 bridgehead atoms. The monoisotopic (exact) mass is 283 g/mol. The minimum atomic E-state index is 0.931. The van der Waals surface area contributed by atoms with E-state index in [1.165, 1.54) is 21.7 Å². The van der Waals surface area contributed by atoms with Gasteiger partial charge in [-0.25, -0.2) is 4.98 Å². The number of aromatic amines is 1. The first kappa shape index (κ1) is 11.6. The van der Waals surface area contributed by atoms with Gasteiger partial charge in [0.05, 0.1) is 5.52 Å². The lowest BCUT2D eigenvalue weighted by Gasteiger charge is -2.04. The largest absolute Gasteiger partial charge is 0.340 e. The van der Waals surface area contributed by atoms with Crippen LogP contribution < -0.4 is 0 Å². The molecule has 3 heteroatoms. The van der Waals surface area contributed by atoms with E-state index in [0.29, 0.717) is 0 Å². The Morgan fingerprint density at radius 2 is 1.55 bits per heavy atom. The van der Waals surface area contributed by atoms with Crippen molar-refractivity contribution in [2.45, 2.75) is 0 Å². The number of benzene rings is 2. The highest BCUT2D eigenvalue weighted by molar-refractivity contribution is 6.21. The molecule has 1 N–H and O–H groups in total. The summed E-state index contributed by atoms with van der Waals surface area (Å²) in [6.45, 7) is 0. The van der Waals surface area contributed by atoms with Crippen LogP contribution >= 0.6 is 0 Å². The molecule has 22 heavy (non-hydrogen) atoms. The fraction of sp³-hybridized carbons (Fsp3) is 0. The van der Waals surface area contributed by atoms with E-state index in [1.807, 2.05) is 24.4 Å². The van der Waals surface area contributed by atoms with Gasteiger partial charge < -0.3 is 4.98 Å². The van der Waals surface area contributed by atoms with Crippen molar-refractivity contribution in [3.8, 4) is 5.82 Å². The maximum Gasteiger partial charge on any atom is 0.138 e. The molecule has 3 nitrogen and oxygen atoms in total. The van der Waals surface area contributed by atoms with Gasteiger partial charge in [-0.05, 0) is 24.3 Å². The van der Waals surface area contributed by atoms with Gasteiger partial charge in [-0.2, -0.15) is 0 Å². The number of hydrogen-bond acceptors (Lipinski definition) is 1. The topological polar surface area (TPSA) is 33.6 Å². The molecule has 104 valence electrons. The molecule has 0 saturated heterocycles. The Morgan fingerprint density at radius 1 is 0.773 bits per heavy atom. The molecule has 0 unspecified atom stereocenters. The van der Waals surface area contributed by atoms with E-state index in [-0.39, 0.29) is 0 Å². The fourth-order valence-corrected chi connectivity index (χ4v) is 3.29. The van der Waals surface area contributed by atoms with E-state index in [1.54, 1.807) is 0 Å². The molecule has 3 heterocycles. The summed E-state index contributed by atoms with van der Waals surface area (Å²) in [4.78, 5) is 8.09. The van der Waals surface area contributed by atoms with E-state index in [2.05, 4.69) is 63.1 Å². The van der Waals surface area contributed by atoms with E-state index in [0.717, 1.165) is 17.0 Å². The SMILES string of the molecule is c1ccc(-n2c3ccccc3c3c4ccccc4[nH]c32)nc1. The second kappa shape index (κ2) is 4.21. The molecule has 0 spiro atoms. The summed E-state index contributed by atoms with van der Waals surface area (Å²) in [6.07, 6.45) is 1.83. The number of rotatable bonds is 1. The van der Waals surface area contributed by atoms with Crippen molar-refractivity contribution in [2.24, 2.45) is 0 Å². The Balaban J connectivity index is 2.07. The van der Waals surface area contributed by atoms with Gasteiger partial charge in [-0.1, -0.05) is 42.5 Å². The molecule has 0 aliphatic heterocycles. The Bertz CT molecular complexity index is 1120. The zero-order chi connectivity index (χ0) is 14.5. The number of nitrogens with zero attached hydrogens (tertiary/aromatic N) is 2. The lowest BCUT2D eigenvalue weighted by molar-refractivity contribution is 1.06. The molecular formula is C19H13N3. The van der Waals surface area contributed by atoms with E-state index in [4.69, 9.17) is 0 Å². The lowest BCUT2D eigenvalue weighted by Crippen LogP contribution is -1.96. The first-order valence-corrected chi connectivity index (χ1v) is 7.35. The van der Waals surface area contributed by atoms with Gasteiger partial charge in [0.1, 0.15) is 11.5 Å². The van der Waals surface area contributed by atoms with Gasteiger partial charge in [0, 0.05) is 27.9 Å². The third-order valence-corrected chi connectivity index (χ3v) is 4.20. The van der Waals surface area contributed by atoms with Crippen molar-refractivity contribution in [3.05, 3.63) is 72.9 Å². The van der Waals surface area contributed by atoms with Crippen LogP contribution in [0.25, 0.3) is 38.7 Å². The van der Waals surface area contributed by atoms with Crippen LogP contribution in [0.1, 0.15) is 0 Å². The molecule has 2 aromatic carbocycles. The van der Waals surface area contributed by atoms with Crippen molar-refractivity contribution < 1.29 is 0 Å². The van der Waals surface area contributed by atoms with Gasteiger partial charge in [-0.3, -0.25) is 4.57 Å². The minimum absolute atomic E-state index is 0.931. The summed E-state index contributed by atoms with van der Waals surface area (Å²) in [5.41, 5.74) is 3.43. The van der Waals surface area contributed by atoms with Crippen molar-refractivity contribution >= 4 is 32.8 Å². The van der Waals surface area contributed by atoms with Crippen LogP contribution in [0.15, 0.2) is 72.9 Å². The Labute approximate surface area is 126 Å². The van der Waals surface area contributed by atoms with Crippen LogP contribution in [-0.2, 0) is 0 Å². The van der Waals surface area contributed by atoms with Crippen molar-refractivity contribution in [3.63, 3.8) is 0 Å². The summed E-state index contributed by atoms with van der Waals surface area (Å²) in [6, 6.07) is 22.9. The lowest BCUT2D eigenvalue weighted by atomic mass is 10.1. The molecule has 0 saturated carbocycles. The van der Waals surface area contributed by atoms with Gasteiger partial charge in [0.25, 0.3) is 0 Å². The predicted octanol–water partition coefficient (Wildman–Crippen LogP) is 4.66. The maximum atomic E-state index is 4.53. The van der Waals surface area contributed by atoms with Crippen molar-refractivity contribution in [2.75, 3.05) is 0 Å². The maximum absolute atomic E-state index is 4.53. The summed E-state index contributed by atoms with van der Waals surface area (Å²) in [5.74, 6) is 0.931. The average molecular weight is 283 g/mol. The van der Waals surface area contributed by atoms with E-state index >= 15 is 0 Å². The predicted molar refractivity (Wildman–Crippen MR) is 90.4 cm³/mol. The molecule has 0 aliphatic rings. The smallest absolute Gasteiger partial charge is 0.138 e. The number of H-pyrrole nitrogens is 1. The molecule has 0 fully saturated rings. The second-order valence-corrected chi connectivity index (χ2v) is 5.43. The number of nitrogens with one attached hydrogen (secondary N) is 1. The first-order chi connectivity index (χ1) is 10.9. The molecule has 0 atom stereocenters. The summed E-state index contributed by atoms with van der Waals surface area (Å²) in [5, 5.41) is 3.76. The number of fused-ring (bicyclic) bond motifs is 5. The van der Waals surface area contributed by atoms with Gasteiger partial charge in [-0.15, -0.1) is 0 Å². The third kappa shape index (κ3) is 1.42. The van der Waals surface area contributed by atoms with Crippen LogP contribution in [0.2, 0.25) is 0 Å². The highest BCUT2D eigenvalue weighted by Crippen LogP contribution is 2.36. The minimum Gasteiger partial charge on any atom is -0.340 e. The molecule has 0 amide bonds. The van der Waals surface area contributed by atoms with Crippen LogP contribution in [0.3, 0.4) is 0 Å². The van der Waals surface area contributed by atoms with Crippen LogP contribution in [0.5, 0.6) is 0 Å². The molecular weight excluding hydrogens is 270 g/mol. The Hall–Kier alpha value is -3.07. The summed E-state index contributed by atoms with van der Waals surface area (Å²) in [7, 11) is 0. The normalized spacial score (nSPS) is 11.6. The zero-order valence-electron chi connectivity index (χ0n) is 11.8. The van der Waals surface area contributed by atoms with Gasteiger partial charge >= 0.3 is 0 Å². The first-order valence-electron chi connectivity index (χ1n) is 7.35. The quantitative estimate of drug-likeness (QED) is 0.477. The molecule has 5 rings (SSSR count). The second-order valence-electron chi connectivity index (χ2n) is 5.43.